The largest absolute Gasteiger partial charge is 0.493 e. The first-order chi connectivity index (χ1) is 12.4. The molecule has 4 nitrogen and oxygen atoms in total. The summed E-state index contributed by atoms with van der Waals surface area (Å²) in [4.78, 5) is 11.0. The molecule has 2 rings (SSSR count). The summed E-state index contributed by atoms with van der Waals surface area (Å²) < 4.78 is 10.6. The number of halogens is 1. The van der Waals surface area contributed by atoms with E-state index in [1.807, 2.05) is 49.4 Å². The zero-order chi connectivity index (χ0) is 19.1. The highest BCUT2D eigenvalue weighted by atomic mass is 35.5. The van der Waals surface area contributed by atoms with Crippen LogP contribution in [0.5, 0.6) is 11.5 Å². The highest BCUT2D eigenvalue weighted by molar-refractivity contribution is 6.30. The summed E-state index contributed by atoms with van der Waals surface area (Å²) in [5.74, 6) is 0.316. The highest BCUT2D eigenvalue weighted by Crippen LogP contribution is 2.32. The van der Waals surface area contributed by atoms with Gasteiger partial charge in [-0.05, 0) is 53.5 Å². The zero-order valence-corrected chi connectivity index (χ0v) is 15.7. The molecule has 0 saturated carbocycles. The SMILES string of the molecule is COc1ccc(C(/C=C(/C)c2ccc(Cl)cc2)=C\CC(=O)O)cc1OC. The fourth-order valence-corrected chi connectivity index (χ4v) is 2.63. The van der Waals surface area contributed by atoms with Crippen LogP contribution >= 0.6 is 11.6 Å². The van der Waals surface area contributed by atoms with E-state index in [9.17, 15) is 4.79 Å². The number of carboxylic acid groups (broad SMARTS) is 1. The van der Waals surface area contributed by atoms with Crippen molar-refractivity contribution in [2.45, 2.75) is 13.3 Å². The van der Waals surface area contributed by atoms with Gasteiger partial charge < -0.3 is 14.6 Å². The Hall–Kier alpha value is -2.72. The molecular formula is C21H21ClO4. The van der Waals surface area contributed by atoms with Crippen LogP contribution in [0.2, 0.25) is 5.02 Å². The molecule has 26 heavy (non-hydrogen) atoms. The number of carbonyl (C=O) groups is 1. The Balaban J connectivity index is 2.47. The van der Waals surface area contributed by atoms with Crippen LogP contribution in [0.15, 0.2) is 54.6 Å². The first-order valence-corrected chi connectivity index (χ1v) is 8.41. The molecule has 0 aliphatic rings. The third-order valence-electron chi connectivity index (χ3n) is 3.89. The van der Waals surface area contributed by atoms with Gasteiger partial charge in [-0.3, -0.25) is 4.79 Å². The van der Waals surface area contributed by atoms with Crippen molar-refractivity contribution in [3.63, 3.8) is 0 Å². The van der Waals surface area contributed by atoms with E-state index in [0.29, 0.717) is 16.5 Å². The zero-order valence-electron chi connectivity index (χ0n) is 15.0. The number of rotatable bonds is 7. The van der Waals surface area contributed by atoms with Gasteiger partial charge in [0.2, 0.25) is 0 Å². The molecule has 0 bridgehead atoms. The molecule has 0 saturated heterocycles. The second-order valence-corrected chi connectivity index (χ2v) is 6.10. The number of hydrogen-bond donors (Lipinski definition) is 1. The van der Waals surface area contributed by atoms with Crippen molar-refractivity contribution < 1.29 is 19.4 Å². The van der Waals surface area contributed by atoms with Gasteiger partial charge in [0, 0.05) is 5.02 Å². The number of hydrogen-bond acceptors (Lipinski definition) is 3. The van der Waals surface area contributed by atoms with Gasteiger partial charge in [-0.15, -0.1) is 0 Å². The van der Waals surface area contributed by atoms with Crippen LogP contribution in [0, 0.1) is 0 Å². The van der Waals surface area contributed by atoms with E-state index in [0.717, 1.165) is 22.3 Å². The third-order valence-corrected chi connectivity index (χ3v) is 4.14. The maximum absolute atomic E-state index is 11.0. The molecule has 0 aliphatic carbocycles. The van der Waals surface area contributed by atoms with Crippen molar-refractivity contribution in [2.24, 2.45) is 0 Å². The van der Waals surface area contributed by atoms with Gasteiger partial charge in [-0.2, -0.15) is 0 Å². The molecule has 2 aromatic carbocycles. The van der Waals surface area contributed by atoms with E-state index in [1.54, 1.807) is 26.4 Å². The monoisotopic (exact) mass is 372 g/mol. The van der Waals surface area contributed by atoms with Crippen LogP contribution < -0.4 is 9.47 Å². The fourth-order valence-electron chi connectivity index (χ4n) is 2.50. The Morgan fingerprint density at radius 3 is 2.23 bits per heavy atom. The third kappa shape index (κ3) is 5.14. The lowest BCUT2D eigenvalue weighted by molar-refractivity contribution is -0.135. The van der Waals surface area contributed by atoms with Crippen LogP contribution in [0.25, 0.3) is 11.1 Å². The molecule has 0 spiro atoms. The predicted molar refractivity (Wildman–Crippen MR) is 105 cm³/mol. The summed E-state index contributed by atoms with van der Waals surface area (Å²) in [5, 5.41) is 9.72. The second-order valence-electron chi connectivity index (χ2n) is 5.66. The number of aliphatic carboxylic acids is 1. The number of allylic oxidation sites excluding steroid dienone is 3. The smallest absolute Gasteiger partial charge is 0.307 e. The van der Waals surface area contributed by atoms with Gasteiger partial charge in [0.15, 0.2) is 11.5 Å². The first kappa shape index (κ1) is 19.6. The van der Waals surface area contributed by atoms with Crippen LogP contribution in [0.1, 0.15) is 24.5 Å². The quantitative estimate of drug-likeness (QED) is 0.668. The predicted octanol–water partition coefficient (Wildman–Crippen LogP) is 5.32. The lowest BCUT2D eigenvalue weighted by atomic mass is 9.98. The summed E-state index contributed by atoms with van der Waals surface area (Å²) in [5.41, 5.74) is 3.64. The minimum absolute atomic E-state index is 0.0753. The van der Waals surface area contributed by atoms with Gasteiger partial charge in [-0.25, -0.2) is 0 Å². The van der Waals surface area contributed by atoms with E-state index in [-0.39, 0.29) is 6.42 Å². The molecule has 0 aromatic heterocycles. The molecule has 0 atom stereocenters. The molecular weight excluding hydrogens is 352 g/mol. The summed E-state index contributed by atoms with van der Waals surface area (Å²) in [7, 11) is 3.14. The number of methoxy groups -OCH3 is 2. The number of ether oxygens (including phenoxy) is 2. The van der Waals surface area contributed by atoms with Crippen molar-refractivity contribution in [1.29, 1.82) is 0 Å². The molecule has 0 aliphatic heterocycles. The minimum atomic E-state index is -0.888. The Morgan fingerprint density at radius 2 is 1.65 bits per heavy atom. The molecule has 0 radical (unpaired) electrons. The average Bonchev–Trinajstić information content (AvgIpc) is 2.64. The van der Waals surface area contributed by atoms with Gasteiger partial charge >= 0.3 is 5.97 Å². The average molecular weight is 373 g/mol. The lowest BCUT2D eigenvalue weighted by Gasteiger charge is -2.11. The fraction of sp³-hybridized carbons (Fsp3) is 0.190. The van der Waals surface area contributed by atoms with Gasteiger partial charge in [0.1, 0.15) is 0 Å². The van der Waals surface area contributed by atoms with Crippen molar-refractivity contribution >= 4 is 28.7 Å². The maximum Gasteiger partial charge on any atom is 0.307 e. The normalized spacial score (nSPS) is 12.0. The summed E-state index contributed by atoms with van der Waals surface area (Å²) in [6.45, 7) is 1.97. The Morgan fingerprint density at radius 1 is 1.04 bits per heavy atom. The standard InChI is InChI=1S/C21H21ClO4/c1-14(15-4-8-18(22)9-5-15)12-16(7-11-21(23)24)17-6-10-19(25-2)20(13-17)26-3/h4-10,12-13H,11H2,1-3H3,(H,23,24)/b14-12-,16-7-. The lowest BCUT2D eigenvalue weighted by Crippen LogP contribution is -1.94. The number of carboxylic acids is 1. The molecule has 5 heteroatoms. The summed E-state index contributed by atoms with van der Waals surface area (Å²) in [6.07, 6.45) is 3.56. The van der Waals surface area contributed by atoms with Gasteiger partial charge in [0.25, 0.3) is 0 Å². The molecule has 0 amide bonds. The highest BCUT2D eigenvalue weighted by Gasteiger charge is 2.08. The van der Waals surface area contributed by atoms with E-state index >= 15 is 0 Å². The Kier molecular flexibility index (Phi) is 6.87. The van der Waals surface area contributed by atoms with E-state index in [2.05, 4.69) is 0 Å². The Labute approximate surface area is 158 Å². The van der Waals surface area contributed by atoms with Crippen molar-refractivity contribution in [3.05, 3.63) is 70.8 Å². The maximum atomic E-state index is 11.0. The first-order valence-electron chi connectivity index (χ1n) is 8.03. The molecule has 0 fully saturated rings. The van der Waals surface area contributed by atoms with Crippen molar-refractivity contribution in [1.82, 2.24) is 0 Å². The van der Waals surface area contributed by atoms with E-state index < -0.39 is 5.97 Å². The second kappa shape index (κ2) is 9.11. The van der Waals surface area contributed by atoms with E-state index in [1.165, 1.54) is 0 Å². The topological polar surface area (TPSA) is 55.8 Å². The minimum Gasteiger partial charge on any atom is -0.493 e. The number of benzene rings is 2. The van der Waals surface area contributed by atoms with Crippen molar-refractivity contribution in [2.75, 3.05) is 14.2 Å². The molecule has 136 valence electrons. The van der Waals surface area contributed by atoms with Crippen LogP contribution in [0.4, 0.5) is 0 Å². The Bertz CT molecular complexity index is 836. The molecule has 2 aromatic rings. The van der Waals surface area contributed by atoms with Gasteiger partial charge in [-0.1, -0.05) is 42.0 Å². The molecule has 1 N–H and O–H groups in total. The van der Waals surface area contributed by atoms with Gasteiger partial charge in [0.05, 0.1) is 20.6 Å². The van der Waals surface area contributed by atoms with Crippen LogP contribution in [-0.2, 0) is 4.79 Å². The van der Waals surface area contributed by atoms with E-state index in [4.69, 9.17) is 26.2 Å². The summed E-state index contributed by atoms with van der Waals surface area (Å²) in [6, 6.07) is 13.0. The van der Waals surface area contributed by atoms with Crippen LogP contribution in [-0.4, -0.2) is 25.3 Å². The summed E-state index contributed by atoms with van der Waals surface area (Å²) >= 11 is 5.94. The molecule has 0 unspecified atom stereocenters. The molecule has 0 heterocycles. The van der Waals surface area contributed by atoms with Crippen molar-refractivity contribution in [3.8, 4) is 11.5 Å². The van der Waals surface area contributed by atoms with Crippen LogP contribution in [0.3, 0.4) is 0 Å².